The highest BCUT2D eigenvalue weighted by Crippen LogP contribution is 2.57. The minimum Gasteiger partial charge on any atom is -0.296 e. The van der Waals surface area contributed by atoms with Crippen molar-refractivity contribution in [3.63, 3.8) is 0 Å². The van der Waals surface area contributed by atoms with E-state index in [4.69, 9.17) is 0 Å². The van der Waals surface area contributed by atoms with Crippen LogP contribution in [0.3, 0.4) is 0 Å². The molecule has 2 amide bonds. The van der Waals surface area contributed by atoms with Gasteiger partial charge in [-0.2, -0.15) is 0 Å². The van der Waals surface area contributed by atoms with Crippen LogP contribution in [0.25, 0.3) is 0 Å². The molecule has 0 bridgehead atoms. The van der Waals surface area contributed by atoms with E-state index in [2.05, 4.69) is 30.4 Å². The number of aryl methyl sites for hydroxylation is 1. The summed E-state index contributed by atoms with van der Waals surface area (Å²) in [5.74, 6) is 0.535. The maximum absolute atomic E-state index is 11.6. The molecule has 1 saturated heterocycles. The van der Waals surface area contributed by atoms with E-state index in [1.165, 1.54) is 29.5 Å². The maximum atomic E-state index is 11.6. The lowest BCUT2D eigenvalue weighted by Gasteiger charge is -2.09. The summed E-state index contributed by atoms with van der Waals surface area (Å²) in [6, 6.07) is 6.55. The van der Waals surface area contributed by atoms with E-state index < -0.39 is 0 Å². The number of rotatable bonds is 2. The number of carbonyl (C=O) groups is 2. The Labute approximate surface area is 106 Å². The second-order valence-electron chi connectivity index (χ2n) is 5.82. The lowest BCUT2D eigenvalue weighted by molar-refractivity contribution is -0.127. The Morgan fingerprint density at radius 3 is 2.28 bits per heavy atom. The monoisotopic (exact) mass is 241 g/mol. The second-order valence-corrected chi connectivity index (χ2v) is 5.82. The van der Waals surface area contributed by atoms with E-state index >= 15 is 0 Å². The van der Waals surface area contributed by atoms with Crippen LogP contribution in [-0.2, 0) is 9.59 Å². The Kier molecular flexibility index (Phi) is 1.84. The Morgan fingerprint density at radius 1 is 1.06 bits per heavy atom. The summed E-state index contributed by atoms with van der Waals surface area (Å²) in [4.78, 5) is 23.1. The fourth-order valence-corrected chi connectivity index (χ4v) is 3.38. The first-order valence-corrected chi connectivity index (χ1v) is 6.62. The van der Waals surface area contributed by atoms with Crippen LogP contribution in [0.2, 0.25) is 0 Å². The van der Waals surface area contributed by atoms with Crippen molar-refractivity contribution in [3.8, 4) is 0 Å². The maximum Gasteiger partial charge on any atom is 0.231 e. The Bertz CT molecular complexity index is 554. The van der Waals surface area contributed by atoms with Crippen LogP contribution in [0.5, 0.6) is 0 Å². The molecule has 0 aromatic heterocycles. The van der Waals surface area contributed by atoms with Crippen molar-refractivity contribution in [1.82, 2.24) is 5.32 Å². The molecule has 2 aliphatic carbocycles. The van der Waals surface area contributed by atoms with Crippen molar-refractivity contribution in [2.45, 2.75) is 31.6 Å². The molecular formula is C15H15NO2. The van der Waals surface area contributed by atoms with Crippen molar-refractivity contribution in [2.24, 2.45) is 11.8 Å². The van der Waals surface area contributed by atoms with Crippen molar-refractivity contribution in [2.75, 3.05) is 0 Å². The highest BCUT2D eigenvalue weighted by molar-refractivity contribution is 6.10. The first-order chi connectivity index (χ1) is 8.66. The summed E-state index contributed by atoms with van der Waals surface area (Å²) >= 11 is 0. The average molecular weight is 241 g/mol. The van der Waals surface area contributed by atoms with Gasteiger partial charge in [-0.1, -0.05) is 18.2 Å². The topological polar surface area (TPSA) is 46.2 Å². The van der Waals surface area contributed by atoms with Gasteiger partial charge >= 0.3 is 0 Å². The fraction of sp³-hybridized carbons (Fsp3) is 0.467. The molecule has 92 valence electrons. The third-order valence-corrected chi connectivity index (χ3v) is 4.57. The summed E-state index contributed by atoms with van der Waals surface area (Å²) in [7, 11) is 0. The van der Waals surface area contributed by atoms with Gasteiger partial charge in [0.05, 0.1) is 11.8 Å². The van der Waals surface area contributed by atoms with Crippen LogP contribution >= 0.6 is 0 Å². The Hall–Kier alpha value is -1.64. The zero-order valence-electron chi connectivity index (χ0n) is 10.3. The third kappa shape index (κ3) is 1.30. The van der Waals surface area contributed by atoms with Crippen LogP contribution < -0.4 is 5.32 Å². The largest absolute Gasteiger partial charge is 0.296 e. The van der Waals surface area contributed by atoms with Gasteiger partial charge in [-0.3, -0.25) is 14.9 Å². The van der Waals surface area contributed by atoms with E-state index in [1.807, 2.05) is 0 Å². The van der Waals surface area contributed by atoms with E-state index in [9.17, 15) is 9.59 Å². The number of hydrogen-bond acceptors (Lipinski definition) is 2. The number of hydrogen-bond donors (Lipinski definition) is 1. The molecule has 3 heteroatoms. The van der Waals surface area contributed by atoms with Gasteiger partial charge in [0, 0.05) is 5.92 Å². The molecule has 3 fully saturated rings. The molecular weight excluding hydrogens is 226 g/mol. The van der Waals surface area contributed by atoms with Gasteiger partial charge in [-0.25, -0.2) is 0 Å². The average Bonchev–Trinajstić information content (AvgIpc) is 3.22. The third-order valence-electron chi connectivity index (χ3n) is 4.57. The molecule has 18 heavy (non-hydrogen) atoms. The van der Waals surface area contributed by atoms with E-state index in [1.54, 1.807) is 0 Å². The van der Waals surface area contributed by atoms with Crippen molar-refractivity contribution >= 4 is 11.8 Å². The molecule has 1 heterocycles. The Balaban J connectivity index is 1.66. The highest BCUT2D eigenvalue weighted by Gasteiger charge is 2.64. The van der Waals surface area contributed by atoms with Gasteiger partial charge in [0.1, 0.15) is 0 Å². The molecule has 2 saturated carbocycles. The smallest absolute Gasteiger partial charge is 0.231 e. The van der Waals surface area contributed by atoms with Gasteiger partial charge < -0.3 is 0 Å². The minimum absolute atomic E-state index is 0.0827. The van der Waals surface area contributed by atoms with Gasteiger partial charge in [0.15, 0.2) is 0 Å². The number of piperidine rings is 1. The fourth-order valence-electron chi connectivity index (χ4n) is 3.38. The number of imide groups is 1. The van der Waals surface area contributed by atoms with Crippen molar-refractivity contribution in [1.29, 1.82) is 0 Å². The van der Waals surface area contributed by atoms with Crippen LogP contribution in [0, 0.1) is 18.8 Å². The number of nitrogens with one attached hydrogen (secondary N) is 1. The molecule has 1 aromatic rings. The molecule has 1 aromatic carbocycles. The van der Waals surface area contributed by atoms with Gasteiger partial charge in [-0.15, -0.1) is 0 Å². The first-order valence-electron chi connectivity index (χ1n) is 6.62. The van der Waals surface area contributed by atoms with Gasteiger partial charge in [-0.05, 0) is 42.4 Å². The van der Waals surface area contributed by atoms with Crippen molar-refractivity contribution in [3.05, 3.63) is 34.9 Å². The van der Waals surface area contributed by atoms with E-state index in [-0.39, 0.29) is 29.6 Å². The molecule has 0 radical (unpaired) electrons. The van der Waals surface area contributed by atoms with Crippen LogP contribution in [0.1, 0.15) is 41.4 Å². The molecule has 1 N–H and O–H groups in total. The van der Waals surface area contributed by atoms with Gasteiger partial charge in [0.25, 0.3) is 0 Å². The molecule has 0 spiro atoms. The van der Waals surface area contributed by atoms with E-state index in [0.717, 1.165) is 5.92 Å². The SMILES string of the molecule is Cc1cc(C2CC2)ccc1[C@H]1[C@@H]2C(=O)NC(=O)[C@@H]21. The number of fused-ring (bicyclic) bond motifs is 1. The molecule has 0 unspecified atom stereocenters. The molecule has 3 aliphatic rings. The normalized spacial score (nSPS) is 33.3. The van der Waals surface area contributed by atoms with E-state index in [0.29, 0.717) is 0 Å². The predicted octanol–water partition coefficient (Wildman–Crippen LogP) is 1.86. The first kappa shape index (κ1) is 10.3. The highest BCUT2D eigenvalue weighted by atomic mass is 16.2. The lowest BCUT2D eigenvalue weighted by Crippen LogP contribution is -2.27. The lowest BCUT2D eigenvalue weighted by atomic mass is 9.97. The quantitative estimate of drug-likeness (QED) is 0.803. The van der Waals surface area contributed by atoms with Crippen LogP contribution in [-0.4, -0.2) is 11.8 Å². The zero-order chi connectivity index (χ0) is 12.4. The molecule has 3 nitrogen and oxygen atoms in total. The predicted molar refractivity (Wildman–Crippen MR) is 66.0 cm³/mol. The number of carbonyl (C=O) groups excluding carboxylic acids is 2. The minimum atomic E-state index is -0.0945. The van der Waals surface area contributed by atoms with Crippen LogP contribution in [0.4, 0.5) is 0 Å². The summed E-state index contributed by atoms with van der Waals surface area (Å²) in [5, 5.41) is 2.40. The number of benzene rings is 1. The standard InChI is InChI=1S/C15H15NO2/c1-7-6-9(8-2-3-8)4-5-10(7)11-12-13(11)15(18)16-14(12)17/h4-6,8,11-13H,2-3H2,1H3,(H,16,17,18)/t11-,12-,13+. The summed E-state index contributed by atoms with van der Waals surface area (Å²) < 4.78 is 0. The number of amides is 2. The molecule has 1 aliphatic heterocycles. The molecule has 4 rings (SSSR count). The van der Waals surface area contributed by atoms with Gasteiger partial charge in [0.2, 0.25) is 11.8 Å². The Morgan fingerprint density at radius 2 is 1.72 bits per heavy atom. The zero-order valence-corrected chi connectivity index (χ0v) is 10.3. The summed E-state index contributed by atoms with van der Waals surface area (Å²) in [6.07, 6.45) is 2.60. The van der Waals surface area contributed by atoms with Crippen LogP contribution in [0.15, 0.2) is 18.2 Å². The second kappa shape index (κ2) is 3.22. The molecule has 3 atom stereocenters. The summed E-state index contributed by atoms with van der Waals surface area (Å²) in [5.41, 5.74) is 3.84. The van der Waals surface area contributed by atoms with Crippen molar-refractivity contribution < 1.29 is 9.59 Å². The summed E-state index contributed by atoms with van der Waals surface area (Å²) in [6.45, 7) is 2.09.